The van der Waals surface area contributed by atoms with Crippen LogP contribution >= 0.6 is 0 Å². The Morgan fingerprint density at radius 3 is 1.62 bits per heavy atom. The van der Waals surface area contributed by atoms with Crippen molar-refractivity contribution < 1.29 is 4.42 Å². The quantitative estimate of drug-likeness (QED) is 0.196. The minimum atomic E-state index is 0.607. The van der Waals surface area contributed by atoms with Crippen LogP contribution in [-0.4, -0.2) is 15.0 Å². The van der Waals surface area contributed by atoms with Crippen LogP contribution in [0.5, 0.6) is 0 Å². The highest BCUT2D eigenvalue weighted by Gasteiger charge is 2.20. The lowest BCUT2D eigenvalue weighted by Gasteiger charge is -2.11. The largest absolute Gasteiger partial charge is 0.456 e. The van der Waals surface area contributed by atoms with Crippen molar-refractivity contribution in [2.45, 2.75) is 0 Å². The van der Waals surface area contributed by atoms with Crippen molar-refractivity contribution in [1.29, 1.82) is 0 Å². The van der Waals surface area contributed by atoms with E-state index in [-0.39, 0.29) is 0 Å². The van der Waals surface area contributed by atoms with Crippen LogP contribution in [0.1, 0.15) is 0 Å². The number of hydrogen-bond acceptors (Lipinski definition) is 4. The fourth-order valence-corrected chi connectivity index (χ4v) is 6.40. The van der Waals surface area contributed by atoms with Crippen LogP contribution in [0.25, 0.3) is 88.8 Å². The van der Waals surface area contributed by atoms with Gasteiger partial charge in [0.15, 0.2) is 17.5 Å². The summed E-state index contributed by atoms with van der Waals surface area (Å²) in [5.74, 6) is 1.87. The molecular weight excluding hydrogens is 550 g/mol. The summed E-state index contributed by atoms with van der Waals surface area (Å²) < 4.78 is 6.48. The van der Waals surface area contributed by atoms with E-state index in [0.717, 1.165) is 49.8 Å². The van der Waals surface area contributed by atoms with E-state index >= 15 is 0 Å². The molecule has 9 aromatic rings. The summed E-state index contributed by atoms with van der Waals surface area (Å²) in [6.45, 7) is 0. The van der Waals surface area contributed by atoms with Crippen molar-refractivity contribution in [3.8, 4) is 45.3 Å². The smallest absolute Gasteiger partial charge is 0.164 e. The molecule has 2 aromatic heterocycles. The summed E-state index contributed by atoms with van der Waals surface area (Å²) in [5.41, 5.74) is 6.64. The van der Waals surface area contributed by atoms with E-state index in [0.29, 0.717) is 17.5 Å². The normalized spacial score (nSPS) is 11.6. The van der Waals surface area contributed by atoms with E-state index < -0.39 is 0 Å². The molecule has 0 amide bonds. The van der Waals surface area contributed by atoms with Crippen LogP contribution < -0.4 is 0 Å². The molecule has 0 aliphatic rings. The summed E-state index contributed by atoms with van der Waals surface area (Å²) in [6.07, 6.45) is 0. The van der Waals surface area contributed by atoms with Gasteiger partial charge in [-0.25, -0.2) is 15.0 Å². The molecule has 0 radical (unpaired) electrons. The monoisotopic (exact) mass is 575 g/mol. The van der Waals surface area contributed by atoms with Gasteiger partial charge in [-0.15, -0.1) is 0 Å². The van der Waals surface area contributed by atoms with E-state index in [4.69, 9.17) is 19.4 Å². The maximum atomic E-state index is 6.48. The van der Waals surface area contributed by atoms with Gasteiger partial charge in [0.1, 0.15) is 11.2 Å². The van der Waals surface area contributed by atoms with Crippen molar-refractivity contribution in [2.75, 3.05) is 0 Å². The van der Waals surface area contributed by atoms with E-state index in [2.05, 4.69) is 72.8 Å². The fourth-order valence-electron chi connectivity index (χ4n) is 6.40. The zero-order valence-corrected chi connectivity index (χ0v) is 24.2. The number of hydrogen-bond donors (Lipinski definition) is 0. The highest BCUT2D eigenvalue weighted by molar-refractivity contribution is 6.18. The van der Waals surface area contributed by atoms with Crippen LogP contribution in [-0.2, 0) is 0 Å². The third-order valence-corrected chi connectivity index (χ3v) is 8.52. The van der Waals surface area contributed by atoms with Gasteiger partial charge in [-0.2, -0.15) is 0 Å². The molecule has 0 saturated heterocycles. The first kappa shape index (κ1) is 25.4. The molecule has 0 unspecified atom stereocenters. The number of fused-ring (bicyclic) bond motifs is 6. The lowest BCUT2D eigenvalue weighted by molar-refractivity contribution is 0.669. The minimum absolute atomic E-state index is 0.607. The number of benzene rings is 7. The molecule has 4 heteroatoms. The van der Waals surface area contributed by atoms with E-state index in [1.165, 1.54) is 21.5 Å². The maximum Gasteiger partial charge on any atom is 0.164 e. The summed E-state index contributed by atoms with van der Waals surface area (Å²) in [6, 6.07) is 52.2. The molecule has 0 fully saturated rings. The van der Waals surface area contributed by atoms with Crippen molar-refractivity contribution >= 4 is 43.5 Å². The number of aromatic nitrogens is 3. The zero-order valence-electron chi connectivity index (χ0n) is 24.2. The Labute approximate surface area is 259 Å². The average Bonchev–Trinajstić information content (AvgIpc) is 3.51. The van der Waals surface area contributed by atoms with Gasteiger partial charge in [-0.3, -0.25) is 0 Å². The summed E-state index contributed by atoms with van der Waals surface area (Å²) in [7, 11) is 0. The van der Waals surface area contributed by atoms with Crippen LogP contribution in [0.15, 0.2) is 156 Å². The molecule has 0 aliphatic carbocycles. The van der Waals surface area contributed by atoms with Gasteiger partial charge in [0.2, 0.25) is 0 Å². The highest BCUT2D eigenvalue weighted by atomic mass is 16.3. The van der Waals surface area contributed by atoms with E-state index in [1.54, 1.807) is 0 Å². The average molecular weight is 576 g/mol. The van der Waals surface area contributed by atoms with Crippen LogP contribution in [0.3, 0.4) is 0 Å². The molecule has 0 atom stereocenters. The first-order valence-corrected chi connectivity index (χ1v) is 15.0. The molecule has 2 heterocycles. The molecule has 0 bridgehead atoms. The van der Waals surface area contributed by atoms with Gasteiger partial charge in [-0.1, -0.05) is 133 Å². The topological polar surface area (TPSA) is 51.8 Å². The van der Waals surface area contributed by atoms with Crippen molar-refractivity contribution in [2.24, 2.45) is 0 Å². The van der Waals surface area contributed by atoms with E-state index in [9.17, 15) is 0 Å². The molecule has 0 spiro atoms. The lowest BCUT2D eigenvalue weighted by atomic mass is 9.94. The van der Waals surface area contributed by atoms with Gasteiger partial charge in [0, 0.05) is 27.5 Å². The van der Waals surface area contributed by atoms with Crippen LogP contribution in [0.4, 0.5) is 0 Å². The van der Waals surface area contributed by atoms with Crippen molar-refractivity contribution in [3.05, 3.63) is 152 Å². The van der Waals surface area contributed by atoms with Crippen LogP contribution in [0, 0.1) is 0 Å². The summed E-state index contributed by atoms with van der Waals surface area (Å²) >= 11 is 0. The standard InChI is InChI=1S/C41H25N3O/c1-3-12-27(13-4-1)39-42-40(28-14-5-2-6-15-28)44-41(43-39)34-18-10-20-36-38(34)37-33(17-9-19-35(37)45-36)30-23-24-32-29(25-30)22-21-26-11-7-8-16-31(26)32/h1-25H. The van der Waals surface area contributed by atoms with Gasteiger partial charge in [0.05, 0.1) is 0 Å². The number of rotatable bonds is 4. The first-order valence-electron chi connectivity index (χ1n) is 15.0. The first-order chi connectivity index (χ1) is 22.3. The predicted octanol–water partition coefficient (Wildman–Crippen LogP) is 10.7. The van der Waals surface area contributed by atoms with Crippen molar-refractivity contribution in [1.82, 2.24) is 15.0 Å². The molecule has 0 aliphatic heterocycles. The Morgan fingerprint density at radius 1 is 0.356 bits per heavy atom. The third kappa shape index (κ3) is 4.27. The van der Waals surface area contributed by atoms with Gasteiger partial charge in [0.25, 0.3) is 0 Å². The Kier molecular flexibility index (Phi) is 5.78. The Balaban J connectivity index is 1.30. The summed E-state index contributed by atoms with van der Waals surface area (Å²) in [4.78, 5) is 15.0. The Hall–Kier alpha value is -6.13. The molecule has 0 N–H and O–H groups in total. The second-order valence-electron chi connectivity index (χ2n) is 11.2. The second kappa shape index (κ2) is 10.2. The Morgan fingerprint density at radius 2 is 0.911 bits per heavy atom. The molecule has 7 aromatic carbocycles. The van der Waals surface area contributed by atoms with E-state index in [1.807, 2.05) is 78.9 Å². The maximum absolute atomic E-state index is 6.48. The fraction of sp³-hybridized carbons (Fsp3) is 0. The number of nitrogens with zero attached hydrogens (tertiary/aromatic N) is 3. The molecule has 0 saturated carbocycles. The minimum Gasteiger partial charge on any atom is -0.456 e. The number of furan rings is 1. The molecule has 9 rings (SSSR count). The molecular formula is C41H25N3O. The predicted molar refractivity (Wildman–Crippen MR) is 184 cm³/mol. The van der Waals surface area contributed by atoms with Crippen molar-refractivity contribution in [3.63, 3.8) is 0 Å². The van der Waals surface area contributed by atoms with Gasteiger partial charge < -0.3 is 4.42 Å². The zero-order chi connectivity index (χ0) is 29.7. The lowest BCUT2D eigenvalue weighted by Crippen LogP contribution is -2.00. The molecule has 45 heavy (non-hydrogen) atoms. The SMILES string of the molecule is c1ccc(-c2nc(-c3ccccc3)nc(-c3cccc4oc5cccc(-c6ccc7c(ccc8ccccc87)c6)c5c34)n2)cc1. The van der Waals surface area contributed by atoms with Gasteiger partial charge in [-0.05, 0) is 50.9 Å². The molecule has 4 nitrogen and oxygen atoms in total. The highest BCUT2D eigenvalue weighted by Crippen LogP contribution is 2.42. The second-order valence-corrected chi connectivity index (χ2v) is 11.2. The summed E-state index contributed by atoms with van der Waals surface area (Å²) in [5, 5.41) is 6.99. The molecule has 210 valence electrons. The van der Waals surface area contributed by atoms with Crippen LogP contribution in [0.2, 0.25) is 0 Å². The Bertz CT molecular complexity index is 2480. The third-order valence-electron chi connectivity index (χ3n) is 8.52. The van der Waals surface area contributed by atoms with Gasteiger partial charge >= 0.3 is 0 Å².